The molecule has 2 aromatic rings. The zero-order valence-electron chi connectivity index (χ0n) is 10.4. The van der Waals surface area contributed by atoms with Crippen molar-refractivity contribution in [3.63, 3.8) is 0 Å². The number of carbonyl (C=O) groups excluding carboxylic acids is 1. The molecule has 0 fully saturated rings. The van der Waals surface area contributed by atoms with E-state index in [1.165, 1.54) is 11.1 Å². The van der Waals surface area contributed by atoms with Crippen LogP contribution >= 0.6 is 15.9 Å². The standard InChI is InChI=1S/C16H14BrNO/c17-15-8-4-3-7-14(15)16(19)18-10-12-9-11-5-1-2-6-13(11)12/h1-8,12H,9-10H2,(H,18,19). The molecule has 1 N–H and O–H groups in total. The van der Waals surface area contributed by atoms with Gasteiger partial charge in [0.2, 0.25) is 0 Å². The smallest absolute Gasteiger partial charge is 0.252 e. The Balaban J connectivity index is 1.63. The molecule has 0 spiro atoms. The van der Waals surface area contributed by atoms with E-state index >= 15 is 0 Å². The summed E-state index contributed by atoms with van der Waals surface area (Å²) in [5, 5.41) is 3.01. The van der Waals surface area contributed by atoms with Gasteiger partial charge in [0.15, 0.2) is 0 Å². The van der Waals surface area contributed by atoms with Gasteiger partial charge in [-0.1, -0.05) is 36.4 Å². The molecular weight excluding hydrogens is 302 g/mol. The molecule has 1 aliphatic rings. The fourth-order valence-corrected chi connectivity index (χ4v) is 2.97. The Morgan fingerprint density at radius 3 is 2.68 bits per heavy atom. The highest BCUT2D eigenvalue weighted by atomic mass is 79.9. The summed E-state index contributed by atoms with van der Waals surface area (Å²) in [6.45, 7) is 0.706. The Bertz CT molecular complexity index is 624. The fourth-order valence-electron chi connectivity index (χ4n) is 2.50. The molecule has 3 rings (SSSR count). The van der Waals surface area contributed by atoms with Crippen molar-refractivity contribution in [2.24, 2.45) is 0 Å². The number of hydrogen-bond acceptors (Lipinski definition) is 1. The highest BCUT2D eigenvalue weighted by molar-refractivity contribution is 9.10. The Labute approximate surface area is 121 Å². The van der Waals surface area contributed by atoms with Crippen LogP contribution in [0.3, 0.4) is 0 Å². The summed E-state index contributed by atoms with van der Waals surface area (Å²) in [6, 6.07) is 15.9. The summed E-state index contributed by atoms with van der Waals surface area (Å²) in [5.74, 6) is 0.444. The summed E-state index contributed by atoms with van der Waals surface area (Å²) >= 11 is 3.40. The van der Waals surface area contributed by atoms with E-state index in [-0.39, 0.29) is 5.91 Å². The van der Waals surface area contributed by atoms with Gasteiger partial charge in [-0.3, -0.25) is 4.79 Å². The van der Waals surface area contributed by atoms with Crippen molar-refractivity contribution in [3.05, 3.63) is 69.7 Å². The van der Waals surface area contributed by atoms with Crippen LogP contribution in [0.2, 0.25) is 0 Å². The average Bonchev–Trinajstić information content (AvgIpc) is 2.40. The van der Waals surface area contributed by atoms with Gasteiger partial charge >= 0.3 is 0 Å². The Hall–Kier alpha value is -1.61. The number of amides is 1. The van der Waals surface area contributed by atoms with Crippen LogP contribution in [-0.2, 0) is 6.42 Å². The molecular formula is C16H14BrNO. The summed E-state index contributed by atoms with van der Waals surface area (Å²) in [5.41, 5.74) is 3.47. The second-order valence-electron chi connectivity index (χ2n) is 4.79. The molecule has 1 unspecified atom stereocenters. The topological polar surface area (TPSA) is 29.1 Å². The first-order valence-corrected chi connectivity index (χ1v) is 7.15. The van der Waals surface area contributed by atoms with Crippen molar-refractivity contribution >= 4 is 21.8 Å². The van der Waals surface area contributed by atoms with E-state index in [9.17, 15) is 4.79 Å². The molecule has 0 heterocycles. The first-order valence-electron chi connectivity index (χ1n) is 6.36. The largest absolute Gasteiger partial charge is 0.351 e. The van der Waals surface area contributed by atoms with Crippen LogP contribution in [-0.4, -0.2) is 12.5 Å². The van der Waals surface area contributed by atoms with Crippen molar-refractivity contribution in [2.45, 2.75) is 12.3 Å². The van der Waals surface area contributed by atoms with E-state index in [1.54, 1.807) is 0 Å². The monoisotopic (exact) mass is 315 g/mol. The lowest BCUT2D eigenvalue weighted by Gasteiger charge is -2.30. The molecule has 19 heavy (non-hydrogen) atoms. The first-order chi connectivity index (χ1) is 9.25. The van der Waals surface area contributed by atoms with Crippen LogP contribution in [0.15, 0.2) is 53.0 Å². The van der Waals surface area contributed by atoms with Crippen LogP contribution in [0.25, 0.3) is 0 Å². The first kappa shape index (κ1) is 12.4. The number of benzene rings is 2. The summed E-state index contributed by atoms with van der Waals surface area (Å²) in [4.78, 5) is 12.1. The minimum Gasteiger partial charge on any atom is -0.351 e. The van der Waals surface area contributed by atoms with Gasteiger partial charge in [-0.2, -0.15) is 0 Å². The lowest BCUT2D eigenvalue weighted by Crippen LogP contribution is -2.33. The SMILES string of the molecule is O=C(NCC1Cc2ccccc21)c1ccccc1Br. The highest BCUT2D eigenvalue weighted by Crippen LogP contribution is 2.34. The maximum Gasteiger partial charge on any atom is 0.252 e. The molecule has 96 valence electrons. The van der Waals surface area contributed by atoms with Gasteiger partial charge in [-0.25, -0.2) is 0 Å². The second kappa shape index (κ2) is 5.17. The van der Waals surface area contributed by atoms with Crippen molar-refractivity contribution in [1.82, 2.24) is 5.32 Å². The van der Waals surface area contributed by atoms with E-state index in [0.717, 1.165) is 10.9 Å². The van der Waals surface area contributed by atoms with Crippen LogP contribution in [0.5, 0.6) is 0 Å². The normalized spacial score (nSPS) is 16.4. The zero-order valence-corrected chi connectivity index (χ0v) is 12.0. The summed E-state index contributed by atoms with van der Waals surface area (Å²) < 4.78 is 0.835. The lowest BCUT2D eigenvalue weighted by molar-refractivity contribution is 0.0949. The minimum absolute atomic E-state index is 0.0168. The maximum atomic E-state index is 12.1. The number of nitrogens with one attached hydrogen (secondary N) is 1. The molecule has 0 saturated heterocycles. The predicted molar refractivity (Wildman–Crippen MR) is 79.4 cm³/mol. The number of rotatable bonds is 3. The maximum absolute atomic E-state index is 12.1. The molecule has 1 aliphatic carbocycles. The third kappa shape index (κ3) is 2.43. The fraction of sp³-hybridized carbons (Fsp3) is 0.188. The molecule has 0 saturated carbocycles. The van der Waals surface area contributed by atoms with Crippen molar-refractivity contribution in [3.8, 4) is 0 Å². The Kier molecular flexibility index (Phi) is 3.38. The molecule has 0 aromatic heterocycles. The Morgan fingerprint density at radius 2 is 1.89 bits per heavy atom. The van der Waals surface area contributed by atoms with Crippen LogP contribution < -0.4 is 5.32 Å². The van der Waals surface area contributed by atoms with Gasteiger partial charge in [0.25, 0.3) is 5.91 Å². The second-order valence-corrected chi connectivity index (χ2v) is 5.64. The summed E-state index contributed by atoms with van der Waals surface area (Å²) in [7, 11) is 0. The van der Waals surface area contributed by atoms with Gasteiger partial charge in [0.05, 0.1) is 5.56 Å². The molecule has 3 heteroatoms. The summed E-state index contributed by atoms with van der Waals surface area (Å²) in [6.07, 6.45) is 1.06. The molecule has 0 bridgehead atoms. The molecule has 1 atom stereocenters. The molecule has 0 radical (unpaired) electrons. The number of fused-ring (bicyclic) bond motifs is 1. The molecule has 1 amide bonds. The Morgan fingerprint density at radius 1 is 1.16 bits per heavy atom. The van der Waals surface area contributed by atoms with Gasteiger partial charge < -0.3 is 5.32 Å². The van der Waals surface area contributed by atoms with Crippen molar-refractivity contribution in [1.29, 1.82) is 0 Å². The quantitative estimate of drug-likeness (QED) is 0.922. The van der Waals surface area contributed by atoms with E-state index in [1.807, 2.05) is 24.3 Å². The van der Waals surface area contributed by atoms with E-state index in [4.69, 9.17) is 0 Å². The molecule has 2 aromatic carbocycles. The van der Waals surface area contributed by atoms with Gasteiger partial charge in [0.1, 0.15) is 0 Å². The van der Waals surface area contributed by atoms with Gasteiger partial charge in [-0.05, 0) is 45.6 Å². The van der Waals surface area contributed by atoms with Crippen molar-refractivity contribution in [2.75, 3.05) is 6.54 Å². The number of hydrogen-bond donors (Lipinski definition) is 1. The lowest BCUT2D eigenvalue weighted by atomic mass is 9.77. The zero-order chi connectivity index (χ0) is 13.2. The third-order valence-corrected chi connectivity index (χ3v) is 4.28. The minimum atomic E-state index is -0.0168. The van der Waals surface area contributed by atoms with Crippen molar-refractivity contribution < 1.29 is 4.79 Å². The van der Waals surface area contributed by atoms with Crippen LogP contribution in [0, 0.1) is 0 Å². The van der Waals surface area contributed by atoms with Crippen LogP contribution in [0.1, 0.15) is 27.4 Å². The van der Waals surface area contributed by atoms with Crippen LogP contribution in [0.4, 0.5) is 0 Å². The molecule has 0 aliphatic heterocycles. The predicted octanol–water partition coefficient (Wildman–Crippen LogP) is 3.52. The van der Waals surface area contributed by atoms with E-state index in [2.05, 4.69) is 45.5 Å². The van der Waals surface area contributed by atoms with Gasteiger partial charge in [-0.15, -0.1) is 0 Å². The average molecular weight is 316 g/mol. The third-order valence-electron chi connectivity index (χ3n) is 3.59. The highest BCUT2D eigenvalue weighted by Gasteiger charge is 2.25. The van der Waals surface area contributed by atoms with E-state index in [0.29, 0.717) is 18.0 Å². The van der Waals surface area contributed by atoms with Gasteiger partial charge in [0, 0.05) is 16.9 Å². The van der Waals surface area contributed by atoms with E-state index < -0.39 is 0 Å². The number of halogens is 1. The number of carbonyl (C=O) groups is 1. The molecule has 2 nitrogen and oxygen atoms in total.